The first-order valence-corrected chi connectivity index (χ1v) is 7.79. The molecule has 2 heterocycles. The molecule has 0 radical (unpaired) electrons. The van der Waals surface area contributed by atoms with Gasteiger partial charge in [-0.15, -0.1) is 0 Å². The number of piperidine rings is 1. The summed E-state index contributed by atoms with van der Waals surface area (Å²) in [5.41, 5.74) is 0.653. The minimum Gasteiger partial charge on any atom is -0.337 e. The lowest BCUT2D eigenvalue weighted by atomic mass is 9.77. The molecule has 1 aromatic carbocycles. The highest BCUT2D eigenvalue weighted by Gasteiger charge is 2.37. The van der Waals surface area contributed by atoms with Gasteiger partial charge in [0.15, 0.2) is 0 Å². The van der Waals surface area contributed by atoms with E-state index in [1.54, 1.807) is 6.07 Å². The number of nitrogens with zero attached hydrogens (tertiary/aromatic N) is 2. The number of halogens is 2. The monoisotopic (exact) mass is 353 g/mol. The maximum absolute atomic E-state index is 13.4. The molecule has 1 aliphatic heterocycles. The normalized spacial score (nSPS) is 21.4. The molecule has 1 atom stereocenters. The van der Waals surface area contributed by atoms with Crippen molar-refractivity contribution in [3.8, 4) is 11.4 Å². The average Bonchev–Trinajstić information content (AvgIpc) is 2.90. The number of hydrogen-bond donors (Lipinski definition) is 1. The second kappa shape index (κ2) is 5.50. The van der Waals surface area contributed by atoms with Gasteiger partial charge >= 0.3 is 0 Å². The highest BCUT2D eigenvalue weighted by atomic mass is 79.9. The Morgan fingerprint density at radius 3 is 3.00 bits per heavy atom. The Morgan fingerprint density at radius 2 is 2.24 bits per heavy atom. The van der Waals surface area contributed by atoms with Gasteiger partial charge in [-0.1, -0.05) is 34.9 Å². The lowest BCUT2D eigenvalue weighted by molar-refractivity contribution is 0.146. The second-order valence-corrected chi connectivity index (χ2v) is 6.91. The van der Waals surface area contributed by atoms with Crippen molar-refractivity contribution in [1.29, 1.82) is 0 Å². The van der Waals surface area contributed by atoms with Gasteiger partial charge in [0, 0.05) is 10.0 Å². The molecule has 0 amide bonds. The molecule has 112 valence electrons. The fourth-order valence-corrected chi connectivity index (χ4v) is 3.19. The molecule has 0 bridgehead atoms. The largest absolute Gasteiger partial charge is 0.337 e. The molecular weight excluding hydrogens is 337 g/mol. The van der Waals surface area contributed by atoms with Crippen molar-refractivity contribution in [2.45, 2.75) is 32.7 Å². The summed E-state index contributed by atoms with van der Waals surface area (Å²) >= 11 is 3.39. The standard InChI is InChI=1S/C15H17BrFN3O/c1-15(2)6-3-7-18-12(15)14-19-13(20-21-14)10-8-9(17)4-5-11(10)16/h4-5,8,12,18H,3,6-7H2,1-2H3. The van der Waals surface area contributed by atoms with Crippen LogP contribution in [-0.4, -0.2) is 16.7 Å². The van der Waals surface area contributed by atoms with Crippen LogP contribution in [0.5, 0.6) is 0 Å². The lowest BCUT2D eigenvalue weighted by Gasteiger charge is -2.36. The van der Waals surface area contributed by atoms with Crippen LogP contribution in [0, 0.1) is 11.2 Å². The predicted octanol–water partition coefficient (Wildman–Crippen LogP) is 4.09. The Kier molecular flexibility index (Phi) is 3.84. The van der Waals surface area contributed by atoms with Gasteiger partial charge in [0.2, 0.25) is 11.7 Å². The molecule has 1 N–H and O–H groups in total. The predicted molar refractivity (Wildman–Crippen MR) is 81.2 cm³/mol. The molecule has 21 heavy (non-hydrogen) atoms. The Morgan fingerprint density at radius 1 is 1.43 bits per heavy atom. The summed E-state index contributed by atoms with van der Waals surface area (Å²) in [6.45, 7) is 5.31. The van der Waals surface area contributed by atoms with Crippen LogP contribution in [0.25, 0.3) is 11.4 Å². The van der Waals surface area contributed by atoms with E-state index in [1.165, 1.54) is 12.1 Å². The first-order valence-electron chi connectivity index (χ1n) is 7.00. The van der Waals surface area contributed by atoms with Crippen LogP contribution in [0.4, 0.5) is 4.39 Å². The van der Waals surface area contributed by atoms with Crippen LogP contribution in [0.2, 0.25) is 0 Å². The molecule has 3 rings (SSSR count). The van der Waals surface area contributed by atoms with Gasteiger partial charge in [0.1, 0.15) is 5.82 Å². The third kappa shape index (κ3) is 2.87. The molecule has 6 heteroatoms. The molecule has 0 spiro atoms. The minimum atomic E-state index is -0.323. The van der Waals surface area contributed by atoms with Gasteiger partial charge < -0.3 is 9.84 Å². The van der Waals surface area contributed by atoms with E-state index < -0.39 is 0 Å². The van der Waals surface area contributed by atoms with E-state index in [0.29, 0.717) is 17.3 Å². The molecule has 1 saturated heterocycles. The van der Waals surface area contributed by atoms with Crippen LogP contribution in [0.15, 0.2) is 27.2 Å². The molecule has 2 aromatic rings. The third-order valence-corrected chi connectivity index (χ3v) is 4.68. The number of hydrogen-bond acceptors (Lipinski definition) is 4. The zero-order valence-corrected chi connectivity index (χ0v) is 13.6. The molecular formula is C15H17BrFN3O. The summed E-state index contributed by atoms with van der Waals surface area (Å²) in [7, 11) is 0. The minimum absolute atomic E-state index is 0.0276. The summed E-state index contributed by atoms with van der Waals surface area (Å²) in [5, 5.41) is 7.44. The fraction of sp³-hybridized carbons (Fsp3) is 0.467. The van der Waals surface area contributed by atoms with E-state index >= 15 is 0 Å². The number of aromatic nitrogens is 2. The van der Waals surface area contributed by atoms with Gasteiger partial charge in [-0.2, -0.15) is 4.98 Å². The van der Waals surface area contributed by atoms with Crippen molar-refractivity contribution in [3.63, 3.8) is 0 Å². The molecule has 0 aliphatic carbocycles. The zero-order chi connectivity index (χ0) is 15.0. The van der Waals surface area contributed by atoms with E-state index in [2.05, 4.69) is 45.2 Å². The molecule has 1 fully saturated rings. The van der Waals surface area contributed by atoms with Crippen LogP contribution >= 0.6 is 15.9 Å². The summed E-state index contributed by atoms with van der Waals surface area (Å²) in [5.74, 6) is 0.640. The van der Waals surface area contributed by atoms with Gasteiger partial charge in [-0.05, 0) is 43.0 Å². The molecule has 4 nitrogen and oxygen atoms in total. The van der Waals surface area contributed by atoms with Gasteiger partial charge in [0.05, 0.1) is 6.04 Å². The van der Waals surface area contributed by atoms with Crippen molar-refractivity contribution in [2.75, 3.05) is 6.54 Å². The van der Waals surface area contributed by atoms with Crippen LogP contribution in [0.1, 0.15) is 38.6 Å². The molecule has 1 aliphatic rings. The summed E-state index contributed by atoms with van der Waals surface area (Å²) in [6.07, 6.45) is 2.24. The van der Waals surface area contributed by atoms with Crippen molar-refractivity contribution < 1.29 is 8.91 Å². The highest BCUT2D eigenvalue weighted by Crippen LogP contribution is 2.40. The van der Waals surface area contributed by atoms with Crippen molar-refractivity contribution >= 4 is 15.9 Å². The van der Waals surface area contributed by atoms with E-state index in [9.17, 15) is 4.39 Å². The van der Waals surface area contributed by atoms with Crippen LogP contribution in [-0.2, 0) is 0 Å². The summed E-state index contributed by atoms with van der Waals surface area (Å²) in [4.78, 5) is 4.46. The Balaban J connectivity index is 1.94. The van der Waals surface area contributed by atoms with Gasteiger partial charge in [0.25, 0.3) is 0 Å². The first-order chi connectivity index (χ1) is 9.97. The number of benzene rings is 1. The third-order valence-electron chi connectivity index (χ3n) is 3.99. The zero-order valence-electron chi connectivity index (χ0n) is 12.0. The summed E-state index contributed by atoms with van der Waals surface area (Å²) in [6, 6.07) is 4.46. The SMILES string of the molecule is CC1(C)CCCNC1c1nc(-c2cc(F)ccc2Br)no1. The number of rotatable bonds is 2. The molecule has 1 unspecified atom stereocenters. The van der Waals surface area contributed by atoms with E-state index in [4.69, 9.17) is 4.52 Å². The van der Waals surface area contributed by atoms with Crippen molar-refractivity contribution in [3.05, 3.63) is 34.4 Å². The quantitative estimate of drug-likeness (QED) is 0.883. The average molecular weight is 354 g/mol. The molecule has 1 aromatic heterocycles. The van der Waals surface area contributed by atoms with Gasteiger partial charge in [-0.25, -0.2) is 4.39 Å². The fourth-order valence-electron chi connectivity index (χ4n) is 2.76. The van der Waals surface area contributed by atoms with Crippen molar-refractivity contribution in [1.82, 2.24) is 15.5 Å². The van der Waals surface area contributed by atoms with Crippen molar-refractivity contribution in [2.24, 2.45) is 5.41 Å². The van der Waals surface area contributed by atoms with E-state index in [-0.39, 0.29) is 17.3 Å². The second-order valence-electron chi connectivity index (χ2n) is 6.06. The Labute approximate surface area is 131 Å². The maximum atomic E-state index is 13.4. The van der Waals surface area contributed by atoms with Crippen LogP contribution < -0.4 is 5.32 Å². The summed E-state index contributed by atoms with van der Waals surface area (Å²) < 4.78 is 19.6. The number of nitrogens with one attached hydrogen (secondary N) is 1. The topological polar surface area (TPSA) is 51.0 Å². The molecule has 0 saturated carbocycles. The first kappa shape index (κ1) is 14.7. The lowest BCUT2D eigenvalue weighted by Crippen LogP contribution is -2.39. The van der Waals surface area contributed by atoms with E-state index in [1.807, 2.05) is 0 Å². The Bertz CT molecular complexity index is 656. The van der Waals surface area contributed by atoms with Crippen LogP contribution in [0.3, 0.4) is 0 Å². The highest BCUT2D eigenvalue weighted by molar-refractivity contribution is 9.10. The Hall–Kier alpha value is -1.27. The van der Waals surface area contributed by atoms with E-state index in [0.717, 1.165) is 23.9 Å². The van der Waals surface area contributed by atoms with Gasteiger partial charge in [-0.3, -0.25) is 0 Å². The maximum Gasteiger partial charge on any atom is 0.244 e. The smallest absolute Gasteiger partial charge is 0.244 e.